The molecule has 0 spiro atoms. The number of rotatable bonds is 10. The van der Waals surface area contributed by atoms with Crippen LogP contribution in [-0.2, 0) is 9.59 Å². The normalized spacial score (nSPS) is 10.7. The summed E-state index contributed by atoms with van der Waals surface area (Å²) in [4.78, 5) is 25.1. The van der Waals surface area contributed by atoms with Gasteiger partial charge in [-0.25, -0.2) is 0 Å². The van der Waals surface area contributed by atoms with Gasteiger partial charge in [-0.05, 0) is 89.4 Å². The summed E-state index contributed by atoms with van der Waals surface area (Å²) in [6.07, 6.45) is 1.46. The fraction of sp³-hybridized carbons (Fsp3) is 0.179. The second-order valence-corrected chi connectivity index (χ2v) is 8.62. The van der Waals surface area contributed by atoms with Gasteiger partial charge in [-0.1, -0.05) is 18.2 Å². The van der Waals surface area contributed by atoms with E-state index in [2.05, 4.69) is 26.6 Å². The van der Waals surface area contributed by atoms with Crippen molar-refractivity contribution in [2.45, 2.75) is 13.8 Å². The van der Waals surface area contributed by atoms with Crippen LogP contribution in [0.15, 0.2) is 70.7 Å². The number of amides is 2. The van der Waals surface area contributed by atoms with Crippen molar-refractivity contribution in [2.24, 2.45) is 0 Å². The first-order valence-electron chi connectivity index (χ1n) is 11.4. The number of carbonyl (C=O) groups is 2. The Kier molecular flexibility index (Phi) is 9.69. The molecule has 2 N–H and O–H groups in total. The van der Waals surface area contributed by atoms with Gasteiger partial charge in [0.05, 0.1) is 18.2 Å². The van der Waals surface area contributed by atoms with Gasteiger partial charge in [0.25, 0.3) is 11.8 Å². The van der Waals surface area contributed by atoms with Crippen molar-refractivity contribution in [1.29, 1.82) is 5.26 Å². The largest absolute Gasteiger partial charge is 0.497 e. The van der Waals surface area contributed by atoms with E-state index in [1.165, 1.54) is 6.08 Å². The molecule has 3 aromatic rings. The minimum Gasteiger partial charge on any atom is -0.497 e. The van der Waals surface area contributed by atoms with Crippen molar-refractivity contribution < 1.29 is 23.8 Å². The van der Waals surface area contributed by atoms with Crippen LogP contribution >= 0.6 is 15.9 Å². The van der Waals surface area contributed by atoms with Gasteiger partial charge in [0.1, 0.15) is 17.4 Å². The second-order valence-electron chi connectivity index (χ2n) is 7.77. The summed E-state index contributed by atoms with van der Waals surface area (Å²) >= 11 is 3.45. The molecule has 0 radical (unpaired) electrons. The van der Waals surface area contributed by atoms with Crippen molar-refractivity contribution >= 4 is 45.2 Å². The van der Waals surface area contributed by atoms with E-state index in [1.807, 2.05) is 32.0 Å². The van der Waals surface area contributed by atoms with Crippen molar-refractivity contribution in [2.75, 3.05) is 31.0 Å². The maximum Gasteiger partial charge on any atom is 0.266 e. The number of carbonyl (C=O) groups excluding carboxylic acids is 2. The number of benzene rings is 3. The molecule has 0 aliphatic rings. The molecule has 37 heavy (non-hydrogen) atoms. The SMILES string of the molecule is CCOc1cc(/C=C(/C#N)C(=O)Nc2ccccc2C)cc(Br)c1OCC(=O)Nc1ccc(OC)cc1. The first kappa shape index (κ1) is 27.3. The van der Waals surface area contributed by atoms with Crippen LogP contribution in [-0.4, -0.2) is 32.1 Å². The first-order valence-corrected chi connectivity index (χ1v) is 12.2. The lowest BCUT2D eigenvalue weighted by molar-refractivity contribution is -0.118. The van der Waals surface area contributed by atoms with Gasteiger partial charge in [0.2, 0.25) is 0 Å². The molecule has 0 unspecified atom stereocenters. The molecular weight excluding hydrogens is 538 g/mol. The number of aryl methyl sites for hydroxylation is 1. The van der Waals surface area contributed by atoms with Gasteiger partial charge in [-0.2, -0.15) is 5.26 Å². The number of methoxy groups -OCH3 is 1. The van der Waals surface area contributed by atoms with Gasteiger partial charge in [0.15, 0.2) is 18.1 Å². The summed E-state index contributed by atoms with van der Waals surface area (Å²) in [5.74, 6) is 0.481. The van der Waals surface area contributed by atoms with E-state index in [0.717, 1.165) is 5.56 Å². The third kappa shape index (κ3) is 7.59. The van der Waals surface area contributed by atoms with Gasteiger partial charge in [0, 0.05) is 11.4 Å². The highest BCUT2D eigenvalue weighted by molar-refractivity contribution is 9.10. The van der Waals surface area contributed by atoms with Crippen LogP contribution in [0.1, 0.15) is 18.1 Å². The maximum absolute atomic E-state index is 12.7. The van der Waals surface area contributed by atoms with Crippen LogP contribution in [0.2, 0.25) is 0 Å². The van der Waals surface area contributed by atoms with Crippen LogP contribution in [0.25, 0.3) is 6.08 Å². The molecule has 0 saturated carbocycles. The quantitative estimate of drug-likeness (QED) is 0.241. The molecule has 3 rings (SSSR count). The second kappa shape index (κ2) is 13.1. The highest BCUT2D eigenvalue weighted by atomic mass is 79.9. The maximum atomic E-state index is 12.7. The Morgan fingerprint density at radius 1 is 1.05 bits per heavy atom. The molecule has 3 aromatic carbocycles. The van der Waals surface area contributed by atoms with Crippen LogP contribution in [0.4, 0.5) is 11.4 Å². The Labute approximate surface area is 224 Å². The van der Waals surface area contributed by atoms with Crippen molar-refractivity contribution in [3.05, 3.63) is 81.8 Å². The predicted molar refractivity (Wildman–Crippen MR) is 146 cm³/mol. The summed E-state index contributed by atoms with van der Waals surface area (Å²) in [6, 6.07) is 19.5. The number of anilines is 2. The zero-order valence-corrected chi connectivity index (χ0v) is 22.2. The summed E-state index contributed by atoms with van der Waals surface area (Å²) in [6.45, 7) is 3.76. The predicted octanol–water partition coefficient (Wildman–Crippen LogP) is 5.73. The molecule has 0 saturated heterocycles. The number of hydrogen-bond acceptors (Lipinski definition) is 6. The summed E-state index contributed by atoms with van der Waals surface area (Å²) in [5.41, 5.74) is 2.58. The zero-order valence-electron chi connectivity index (χ0n) is 20.6. The molecule has 0 atom stereocenters. The molecule has 190 valence electrons. The molecule has 2 amide bonds. The third-order valence-corrected chi connectivity index (χ3v) is 5.71. The Bertz CT molecular complexity index is 1350. The highest BCUT2D eigenvalue weighted by Gasteiger charge is 2.16. The number of nitriles is 1. The summed E-state index contributed by atoms with van der Waals surface area (Å²) < 4.78 is 17.1. The molecular formula is C28H26BrN3O5. The lowest BCUT2D eigenvalue weighted by Crippen LogP contribution is -2.20. The first-order chi connectivity index (χ1) is 17.8. The van der Waals surface area contributed by atoms with E-state index in [-0.39, 0.29) is 18.1 Å². The van der Waals surface area contributed by atoms with E-state index >= 15 is 0 Å². The average Bonchev–Trinajstić information content (AvgIpc) is 2.88. The standard InChI is InChI=1S/C28H26BrN3O5/c1-4-36-25-15-19(13-20(16-30)28(34)32-24-8-6-5-7-18(24)2)14-23(29)27(25)37-17-26(33)31-21-9-11-22(35-3)12-10-21/h5-15H,4,17H2,1-3H3,(H,31,33)(H,32,34)/b20-13-. The highest BCUT2D eigenvalue weighted by Crippen LogP contribution is 2.37. The van der Waals surface area contributed by atoms with Crippen LogP contribution in [0, 0.1) is 18.3 Å². The van der Waals surface area contributed by atoms with Crippen molar-refractivity contribution in [3.8, 4) is 23.3 Å². The average molecular weight is 564 g/mol. The Balaban J connectivity index is 1.75. The molecule has 9 heteroatoms. The fourth-order valence-corrected chi connectivity index (χ4v) is 3.88. The number of nitrogens with one attached hydrogen (secondary N) is 2. The Morgan fingerprint density at radius 3 is 2.43 bits per heavy atom. The summed E-state index contributed by atoms with van der Waals surface area (Å²) in [5, 5.41) is 15.1. The molecule has 0 aliphatic heterocycles. The molecule has 0 aromatic heterocycles. The number of ether oxygens (including phenoxy) is 3. The van der Waals surface area contributed by atoms with E-state index in [1.54, 1.807) is 55.6 Å². The van der Waals surface area contributed by atoms with Gasteiger partial charge >= 0.3 is 0 Å². The van der Waals surface area contributed by atoms with Crippen LogP contribution in [0.5, 0.6) is 17.2 Å². The van der Waals surface area contributed by atoms with Crippen molar-refractivity contribution in [3.63, 3.8) is 0 Å². The molecule has 0 heterocycles. The lowest BCUT2D eigenvalue weighted by atomic mass is 10.1. The minimum absolute atomic E-state index is 0.0786. The van der Waals surface area contributed by atoms with Gasteiger partial charge in [-0.3, -0.25) is 9.59 Å². The Morgan fingerprint density at radius 2 is 1.78 bits per heavy atom. The Hall–Kier alpha value is -4.29. The van der Waals surface area contributed by atoms with Crippen molar-refractivity contribution in [1.82, 2.24) is 0 Å². The number of hydrogen-bond donors (Lipinski definition) is 2. The molecule has 0 bridgehead atoms. The van der Waals surface area contributed by atoms with E-state index in [0.29, 0.717) is 45.3 Å². The number of nitrogens with zero attached hydrogens (tertiary/aromatic N) is 1. The number of para-hydroxylation sites is 1. The smallest absolute Gasteiger partial charge is 0.266 e. The van der Waals surface area contributed by atoms with E-state index in [4.69, 9.17) is 14.2 Å². The van der Waals surface area contributed by atoms with Gasteiger partial charge < -0.3 is 24.8 Å². The molecule has 8 nitrogen and oxygen atoms in total. The van der Waals surface area contributed by atoms with E-state index in [9.17, 15) is 14.9 Å². The minimum atomic E-state index is -0.526. The van der Waals surface area contributed by atoms with Gasteiger partial charge in [-0.15, -0.1) is 0 Å². The fourth-order valence-electron chi connectivity index (χ4n) is 3.30. The van der Waals surface area contributed by atoms with Crippen LogP contribution in [0.3, 0.4) is 0 Å². The zero-order chi connectivity index (χ0) is 26.8. The lowest BCUT2D eigenvalue weighted by Gasteiger charge is -2.15. The van der Waals surface area contributed by atoms with E-state index < -0.39 is 5.91 Å². The third-order valence-electron chi connectivity index (χ3n) is 5.12. The topological polar surface area (TPSA) is 110 Å². The number of halogens is 1. The summed E-state index contributed by atoms with van der Waals surface area (Å²) in [7, 11) is 1.57. The monoisotopic (exact) mass is 563 g/mol. The molecule has 0 aliphatic carbocycles. The molecule has 0 fully saturated rings. The van der Waals surface area contributed by atoms with Crippen LogP contribution < -0.4 is 24.8 Å².